The lowest BCUT2D eigenvalue weighted by molar-refractivity contribution is 0.768. The van der Waals surface area contributed by atoms with Gasteiger partial charge in [-0.3, -0.25) is 0 Å². The molecule has 10 aromatic rings. The maximum atomic E-state index is 2.46. The Morgan fingerprint density at radius 2 is 0.717 bits per heavy atom. The Morgan fingerprint density at radius 3 is 1.37 bits per heavy atom. The number of rotatable bonds is 8. The minimum absolute atomic E-state index is 0.555. The third-order valence-corrected chi connectivity index (χ3v) is 12.4. The van der Waals surface area contributed by atoms with Crippen LogP contribution in [0.15, 0.2) is 249 Å². The summed E-state index contributed by atoms with van der Waals surface area (Å²) in [5.41, 5.74) is 17.6. The second-order valence-corrected chi connectivity index (χ2v) is 15.7. The number of benzene rings is 10. The van der Waals surface area contributed by atoms with E-state index in [1.807, 2.05) is 0 Å². The SMILES string of the molecule is c1ccc(-c2ccc(N(c3ccc(-c4ccccc4)cc3)c3ccc4c(c3)C(c3ccccc3)(c3ccc(-c5cccc6ccccc56)cc3)c3ccccc3-4)cc2)cc1. The number of hydrogen-bond donors (Lipinski definition) is 0. The van der Waals surface area contributed by atoms with E-state index >= 15 is 0 Å². The zero-order valence-electron chi connectivity index (χ0n) is 33.1. The van der Waals surface area contributed by atoms with Gasteiger partial charge in [0.25, 0.3) is 0 Å². The van der Waals surface area contributed by atoms with Gasteiger partial charge in [-0.15, -0.1) is 0 Å². The van der Waals surface area contributed by atoms with Crippen LogP contribution in [0.1, 0.15) is 22.3 Å². The molecule has 1 atom stereocenters. The molecule has 0 heterocycles. The lowest BCUT2D eigenvalue weighted by Crippen LogP contribution is -2.28. The Hall–Kier alpha value is -7.74. The first-order valence-electron chi connectivity index (χ1n) is 20.8. The average Bonchev–Trinajstić information content (AvgIpc) is 3.63. The van der Waals surface area contributed by atoms with Crippen LogP contribution in [0.2, 0.25) is 0 Å². The highest BCUT2D eigenvalue weighted by Crippen LogP contribution is 2.57. The average molecular weight is 764 g/mol. The Labute approximate surface area is 352 Å². The predicted molar refractivity (Wildman–Crippen MR) is 252 cm³/mol. The quantitative estimate of drug-likeness (QED) is 0.149. The van der Waals surface area contributed by atoms with Gasteiger partial charge in [-0.05, 0) is 114 Å². The van der Waals surface area contributed by atoms with Gasteiger partial charge in [0.05, 0.1) is 5.41 Å². The van der Waals surface area contributed by atoms with Crippen molar-refractivity contribution in [3.63, 3.8) is 0 Å². The van der Waals surface area contributed by atoms with Crippen molar-refractivity contribution in [1.82, 2.24) is 0 Å². The number of hydrogen-bond acceptors (Lipinski definition) is 1. The molecule has 0 radical (unpaired) electrons. The second-order valence-electron chi connectivity index (χ2n) is 15.7. The highest BCUT2D eigenvalue weighted by molar-refractivity contribution is 5.97. The molecule has 0 saturated heterocycles. The van der Waals surface area contributed by atoms with Gasteiger partial charge in [0.1, 0.15) is 0 Å². The van der Waals surface area contributed by atoms with Crippen LogP contribution < -0.4 is 4.90 Å². The van der Waals surface area contributed by atoms with Crippen molar-refractivity contribution in [2.24, 2.45) is 0 Å². The van der Waals surface area contributed by atoms with Gasteiger partial charge >= 0.3 is 0 Å². The van der Waals surface area contributed by atoms with Crippen LogP contribution in [0.25, 0.3) is 55.3 Å². The van der Waals surface area contributed by atoms with Crippen molar-refractivity contribution in [2.45, 2.75) is 5.41 Å². The van der Waals surface area contributed by atoms with Crippen molar-refractivity contribution < 1.29 is 0 Å². The topological polar surface area (TPSA) is 3.24 Å². The monoisotopic (exact) mass is 763 g/mol. The summed E-state index contributed by atoms with van der Waals surface area (Å²) < 4.78 is 0. The zero-order valence-corrected chi connectivity index (χ0v) is 33.1. The molecule has 10 aromatic carbocycles. The summed E-state index contributed by atoms with van der Waals surface area (Å²) in [6, 6.07) is 91.1. The summed E-state index contributed by atoms with van der Waals surface area (Å²) >= 11 is 0. The third kappa shape index (κ3) is 5.94. The van der Waals surface area contributed by atoms with Crippen LogP contribution in [-0.2, 0) is 5.41 Å². The largest absolute Gasteiger partial charge is 0.310 e. The second kappa shape index (κ2) is 14.9. The molecule has 0 bridgehead atoms. The molecule has 0 aliphatic heterocycles. The molecule has 1 aliphatic rings. The summed E-state index contributed by atoms with van der Waals surface area (Å²) in [5, 5.41) is 2.51. The van der Waals surface area contributed by atoms with Crippen LogP contribution in [0.4, 0.5) is 17.1 Å². The van der Waals surface area contributed by atoms with E-state index in [2.05, 4.69) is 254 Å². The maximum Gasteiger partial charge on any atom is 0.0714 e. The van der Waals surface area contributed by atoms with E-state index in [0.29, 0.717) is 0 Å². The fourth-order valence-electron chi connectivity index (χ4n) is 9.57. The minimum Gasteiger partial charge on any atom is -0.310 e. The highest BCUT2D eigenvalue weighted by Gasteiger charge is 2.46. The normalized spacial score (nSPS) is 14.1. The van der Waals surface area contributed by atoms with Crippen molar-refractivity contribution in [3.8, 4) is 44.5 Å². The molecular formula is C59H41N. The maximum absolute atomic E-state index is 2.46. The smallest absolute Gasteiger partial charge is 0.0714 e. The van der Waals surface area contributed by atoms with Gasteiger partial charge in [0.15, 0.2) is 0 Å². The molecule has 282 valence electrons. The van der Waals surface area contributed by atoms with Gasteiger partial charge < -0.3 is 4.90 Å². The van der Waals surface area contributed by atoms with Crippen LogP contribution in [-0.4, -0.2) is 0 Å². The zero-order chi connectivity index (χ0) is 39.9. The molecule has 0 spiro atoms. The van der Waals surface area contributed by atoms with Gasteiger partial charge in [0.2, 0.25) is 0 Å². The summed E-state index contributed by atoms with van der Waals surface area (Å²) in [5.74, 6) is 0. The molecule has 0 N–H and O–H groups in total. The molecule has 1 unspecified atom stereocenters. The molecule has 60 heavy (non-hydrogen) atoms. The molecule has 1 heteroatoms. The molecule has 1 nitrogen and oxygen atoms in total. The van der Waals surface area contributed by atoms with E-state index in [0.717, 1.165) is 17.1 Å². The Balaban J connectivity index is 1.10. The molecular weight excluding hydrogens is 723 g/mol. The first-order chi connectivity index (χ1) is 29.8. The molecule has 11 rings (SSSR count). The predicted octanol–water partition coefficient (Wildman–Crippen LogP) is 15.7. The van der Waals surface area contributed by atoms with E-state index < -0.39 is 5.41 Å². The fraction of sp³-hybridized carbons (Fsp3) is 0.0169. The minimum atomic E-state index is -0.555. The summed E-state index contributed by atoms with van der Waals surface area (Å²) in [7, 11) is 0. The standard InChI is InChI=1S/C59H41N/c1-4-15-42(16-5-1)44-29-35-50(36-30-44)60(51-37-31-45(32-38-51)43-17-6-2-7-18-43)52-39-40-56-55-24-12-13-26-57(55)59(58(56)41-52,48-21-8-3-9-22-48)49-33-27-47(28-34-49)54-25-14-20-46-19-10-11-23-53(46)54/h1-41H. The molecule has 0 aromatic heterocycles. The van der Waals surface area contributed by atoms with E-state index in [4.69, 9.17) is 0 Å². The van der Waals surface area contributed by atoms with E-state index in [9.17, 15) is 0 Å². The van der Waals surface area contributed by atoms with Gasteiger partial charge in [0, 0.05) is 17.1 Å². The van der Waals surface area contributed by atoms with E-state index in [1.54, 1.807) is 0 Å². The number of fused-ring (bicyclic) bond motifs is 4. The summed E-state index contributed by atoms with van der Waals surface area (Å²) in [4.78, 5) is 2.41. The van der Waals surface area contributed by atoms with Crippen molar-refractivity contribution in [2.75, 3.05) is 4.90 Å². The van der Waals surface area contributed by atoms with E-state index in [-0.39, 0.29) is 0 Å². The summed E-state index contributed by atoms with van der Waals surface area (Å²) in [6.07, 6.45) is 0. The first-order valence-corrected chi connectivity index (χ1v) is 20.8. The molecule has 0 fully saturated rings. The Kier molecular flexibility index (Phi) is 8.79. The summed E-state index contributed by atoms with van der Waals surface area (Å²) in [6.45, 7) is 0. The third-order valence-electron chi connectivity index (χ3n) is 12.4. The van der Waals surface area contributed by atoms with Crippen molar-refractivity contribution in [1.29, 1.82) is 0 Å². The highest BCUT2D eigenvalue weighted by atomic mass is 15.1. The van der Waals surface area contributed by atoms with Gasteiger partial charge in [-0.2, -0.15) is 0 Å². The molecule has 0 amide bonds. The Morgan fingerprint density at radius 1 is 0.267 bits per heavy atom. The fourth-order valence-corrected chi connectivity index (χ4v) is 9.57. The van der Waals surface area contributed by atoms with Crippen LogP contribution in [0.3, 0.4) is 0 Å². The molecule has 0 saturated carbocycles. The number of anilines is 3. The van der Waals surface area contributed by atoms with Crippen molar-refractivity contribution >= 4 is 27.8 Å². The number of nitrogens with zero attached hydrogens (tertiary/aromatic N) is 1. The van der Waals surface area contributed by atoms with Crippen LogP contribution in [0.5, 0.6) is 0 Å². The first kappa shape index (κ1) is 35.4. The van der Waals surface area contributed by atoms with Crippen LogP contribution in [0, 0.1) is 0 Å². The van der Waals surface area contributed by atoms with E-state index in [1.165, 1.54) is 77.5 Å². The molecule has 1 aliphatic carbocycles. The van der Waals surface area contributed by atoms with Gasteiger partial charge in [-0.25, -0.2) is 0 Å². The van der Waals surface area contributed by atoms with Crippen LogP contribution >= 0.6 is 0 Å². The lowest BCUT2D eigenvalue weighted by Gasteiger charge is -2.35. The lowest BCUT2D eigenvalue weighted by atomic mass is 9.67. The Bertz CT molecular complexity index is 3010. The van der Waals surface area contributed by atoms with Crippen molar-refractivity contribution in [3.05, 3.63) is 271 Å². The van der Waals surface area contributed by atoms with Gasteiger partial charge in [-0.1, -0.05) is 212 Å².